The average Bonchev–Trinajstić information content (AvgIpc) is 2.36. The van der Waals surface area contributed by atoms with Crippen molar-refractivity contribution in [3.63, 3.8) is 0 Å². The van der Waals surface area contributed by atoms with Crippen LogP contribution in [0.2, 0.25) is 0 Å². The second-order valence-corrected chi connectivity index (χ2v) is 9.09. The molecule has 0 bridgehead atoms. The molecule has 0 unspecified atom stereocenters. The van der Waals surface area contributed by atoms with E-state index in [0.29, 0.717) is 11.6 Å². The Balaban J connectivity index is 2.88. The fourth-order valence-corrected chi connectivity index (χ4v) is 3.83. The summed E-state index contributed by atoms with van der Waals surface area (Å²) in [6.45, 7) is 0. The summed E-state index contributed by atoms with van der Waals surface area (Å²) in [5, 5.41) is 0. The van der Waals surface area contributed by atoms with Crippen LogP contribution in [0, 0.1) is 5.82 Å². The normalized spacial score (nSPS) is 12.3. The van der Waals surface area contributed by atoms with Crippen LogP contribution in [0.4, 0.5) is 4.39 Å². The molecule has 0 aliphatic heterocycles. The number of benzene rings is 2. The molecule has 0 aliphatic rings. The van der Waals surface area contributed by atoms with Gasteiger partial charge in [-0.1, -0.05) is 30.3 Å². The van der Waals surface area contributed by atoms with Crippen LogP contribution in [-0.2, 0) is 18.1 Å². The Hall–Kier alpha value is -1.15. The Morgan fingerprint density at radius 3 is 1.81 bits per heavy atom. The Kier molecular flexibility index (Phi) is 4.30. The third-order valence-electron chi connectivity index (χ3n) is 2.64. The van der Waals surface area contributed by atoms with E-state index < -0.39 is 33.7 Å². The number of halogens is 3. The third kappa shape index (κ3) is 3.55. The van der Waals surface area contributed by atoms with E-state index in [1.807, 2.05) is 0 Å². The summed E-state index contributed by atoms with van der Waals surface area (Å²) in [7, 11) is 1.64. The van der Waals surface area contributed by atoms with Crippen molar-refractivity contribution in [3.8, 4) is 11.1 Å². The monoisotopic (exact) mass is 368 g/mol. The van der Waals surface area contributed by atoms with E-state index in [2.05, 4.69) is 0 Å². The van der Waals surface area contributed by atoms with Crippen molar-refractivity contribution in [2.75, 3.05) is 0 Å². The summed E-state index contributed by atoms with van der Waals surface area (Å²) in [4.78, 5) is -1.47. The highest BCUT2D eigenvalue weighted by molar-refractivity contribution is 8.14. The summed E-state index contributed by atoms with van der Waals surface area (Å²) < 4.78 is 59.7. The largest absolute Gasteiger partial charge is 0.264 e. The molecule has 0 heterocycles. The van der Waals surface area contributed by atoms with E-state index in [1.165, 1.54) is 12.1 Å². The second-order valence-electron chi connectivity index (χ2n) is 4.02. The lowest BCUT2D eigenvalue weighted by Gasteiger charge is -2.09. The van der Waals surface area contributed by atoms with Gasteiger partial charge in [0.15, 0.2) is 0 Å². The van der Waals surface area contributed by atoms with Crippen LogP contribution in [0.25, 0.3) is 11.1 Å². The predicted molar refractivity (Wildman–Crippen MR) is 77.9 cm³/mol. The molecule has 0 saturated heterocycles. The molecule has 2 aromatic rings. The van der Waals surface area contributed by atoms with Gasteiger partial charge in [0, 0.05) is 26.9 Å². The highest BCUT2D eigenvalue weighted by atomic mass is 35.7. The Morgan fingerprint density at radius 2 is 1.33 bits per heavy atom. The van der Waals surface area contributed by atoms with Crippen molar-refractivity contribution in [2.45, 2.75) is 9.79 Å². The van der Waals surface area contributed by atoms with Gasteiger partial charge in [0.05, 0.1) is 4.90 Å². The highest BCUT2D eigenvalue weighted by Crippen LogP contribution is 2.34. The quantitative estimate of drug-likeness (QED) is 0.779. The lowest BCUT2D eigenvalue weighted by atomic mass is 10.1. The molecule has 0 N–H and O–H groups in total. The Labute approximate surface area is 130 Å². The molecule has 0 fully saturated rings. The van der Waals surface area contributed by atoms with Gasteiger partial charge in [-0.25, -0.2) is 21.2 Å². The van der Waals surface area contributed by atoms with E-state index in [9.17, 15) is 21.2 Å². The molecule has 0 aromatic heterocycles. The first kappa shape index (κ1) is 16.2. The fourth-order valence-electron chi connectivity index (χ4n) is 1.77. The Morgan fingerprint density at radius 1 is 0.810 bits per heavy atom. The second kappa shape index (κ2) is 5.57. The number of hydrogen-bond acceptors (Lipinski definition) is 4. The van der Waals surface area contributed by atoms with Crippen molar-refractivity contribution in [1.29, 1.82) is 0 Å². The highest BCUT2D eigenvalue weighted by Gasteiger charge is 2.25. The molecule has 0 radical (unpaired) electrons. The zero-order valence-corrected chi connectivity index (χ0v) is 13.3. The van der Waals surface area contributed by atoms with Crippen LogP contribution in [0.1, 0.15) is 0 Å². The van der Waals surface area contributed by atoms with Gasteiger partial charge in [-0.3, -0.25) is 0 Å². The lowest BCUT2D eigenvalue weighted by molar-refractivity contribution is 0.573. The van der Waals surface area contributed by atoms with Gasteiger partial charge in [-0.2, -0.15) is 0 Å². The van der Waals surface area contributed by atoms with Gasteiger partial charge >= 0.3 is 0 Å². The minimum Gasteiger partial charge on any atom is -0.207 e. The summed E-state index contributed by atoms with van der Waals surface area (Å²) in [6, 6.07) is 9.38. The summed E-state index contributed by atoms with van der Waals surface area (Å²) >= 11 is 0. The smallest absolute Gasteiger partial charge is 0.207 e. The molecule has 21 heavy (non-hydrogen) atoms. The van der Waals surface area contributed by atoms with Crippen LogP contribution in [0.5, 0.6) is 0 Å². The average molecular weight is 369 g/mol. The van der Waals surface area contributed by atoms with Gasteiger partial charge in [-0.15, -0.1) is 0 Å². The fraction of sp³-hybridized carbons (Fsp3) is 0. The van der Waals surface area contributed by atoms with Crippen molar-refractivity contribution < 1.29 is 21.2 Å². The number of hydrogen-bond donors (Lipinski definition) is 0. The molecule has 9 heteroatoms. The summed E-state index contributed by atoms with van der Waals surface area (Å²) in [5.41, 5.74) is 0.321. The lowest BCUT2D eigenvalue weighted by Crippen LogP contribution is -2.02. The van der Waals surface area contributed by atoms with Crippen molar-refractivity contribution >= 4 is 39.5 Å². The SMILES string of the molecule is O=S(=O)(Cl)c1cc(S(=O)(=O)Cl)c(-c2ccccc2)cc1F. The van der Waals surface area contributed by atoms with Gasteiger partial charge < -0.3 is 0 Å². The van der Waals surface area contributed by atoms with Crippen LogP contribution in [0.15, 0.2) is 52.3 Å². The molecule has 2 rings (SSSR count). The van der Waals surface area contributed by atoms with Gasteiger partial charge in [0.25, 0.3) is 18.1 Å². The van der Waals surface area contributed by atoms with E-state index in [1.54, 1.807) is 18.2 Å². The van der Waals surface area contributed by atoms with E-state index in [-0.39, 0.29) is 5.56 Å². The molecular weight excluding hydrogens is 362 g/mol. The summed E-state index contributed by atoms with van der Waals surface area (Å²) in [5.74, 6) is -1.16. The minimum atomic E-state index is -4.44. The van der Waals surface area contributed by atoms with E-state index in [4.69, 9.17) is 21.4 Å². The van der Waals surface area contributed by atoms with Crippen molar-refractivity contribution in [1.82, 2.24) is 0 Å². The number of rotatable bonds is 3. The van der Waals surface area contributed by atoms with E-state index in [0.717, 1.165) is 6.07 Å². The Bertz CT molecular complexity index is 894. The molecule has 0 aliphatic carbocycles. The minimum absolute atomic E-state index is 0.0489. The first-order valence-corrected chi connectivity index (χ1v) is 10.0. The first-order valence-electron chi connectivity index (χ1n) is 5.39. The van der Waals surface area contributed by atoms with E-state index >= 15 is 0 Å². The molecular formula is C12H7Cl2FO4S2. The maximum absolute atomic E-state index is 13.9. The van der Waals surface area contributed by atoms with Crippen molar-refractivity contribution in [2.24, 2.45) is 0 Å². The van der Waals surface area contributed by atoms with Gasteiger partial charge in [-0.05, 0) is 17.7 Å². The van der Waals surface area contributed by atoms with Crippen LogP contribution in [-0.4, -0.2) is 16.8 Å². The molecule has 2 aromatic carbocycles. The molecule has 0 atom stereocenters. The van der Waals surface area contributed by atoms with Crippen LogP contribution < -0.4 is 0 Å². The third-order valence-corrected chi connectivity index (χ3v) is 5.34. The molecule has 0 amide bonds. The predicted octanol–water partition coefficient (Wildman–Crippen LogP) is 3.35. The van der Waals surface area contributed by atoms with Gasteiger partial charge in [0.2, 0.25) is 0 Å². The topological polar surface area (TPSA) is 68.3 Å². The summed E-state index contributed by atoms with van der Waals surface area (Å²) in [6.07, 6.45) is 0. The molecule has 4 nitrogen and oxygen atoms in total. The van der Waals surface area contributed by atoms with Crippen LogP contribution >= 0.6 is 21.4 Å². The van der Waals surface area contributed by atoms with Gasteiger partial charge in [0.1, 0.15) is 10.7 Å². The zero-order valence-electron chi connectivity index (χ0n) is 10.1. The maximum atomic E-state index is 13.9. The first-order chi connectivity index (χ1) is 9.60. The zero-order chi connectivity index (χ0) is 15.8. The maximum Gasteiger partial charge on any atom is 0.264 e. The molecule has 0 saturated carbocycles. The van der Waals surface area contributed by atoms with Crippen LogP contribution in [0.3, 0.4) is 0 Å². The van der Waals surface area contributed by atoms with Crippen molar-refractivity contribution in [3.05, 3.63) is 48.3 Å². The molecule has 0 spiro atoms. The molecule has 112 valence electrons. The standard InChI is InChI=1S/C12H7Cl2FO4S2/c13-20(16,17)11-7-12(21(14,18)19)10(15)6-9(11)8-4-2-1-3-5-8/h1-7H.